The van der Waals surface area contributed by atoms with Crippen LogP contribution in [0.25, 0.3) is 11.0 Å². The van der Waals surface area contributed by atoms with E-state index in [0.717, 1.165) is 0 Å². The highest BCUT2D eigenvalue weighted by molar-refractivity contribution is 5.97. The molecule has 1 fully saturated rings. The highest BCUT2D eigenvalue weighted by Crippen LogP contribution is 2.40. The van der Waals surface area contributed by atoms with Crippen molar-refractivity contribution in [3.63, 3.8) is 0 Å². The fourth-order valence-electron chi connectivity index (χ4n) is 3.00. The first-order valence-electron chi connectivity index (χ1n) is 8.19. The minimum absolute atomic E-state index is 0.150. The first kappa shape index (κ1) is 19.1. The summed E-state index contributed by atoms with van der Waals surface area (Å²) in [5.41, 5.74) is 4.95. The minimum atomic E-state index is -1.71. The monoisotopic (exact) mass is 375 g/mol. The number of fused-ring (bicyclic) bond motifs is 1. The van der Waals surface area contributed by atoms with Crippen LogP contribution in [0.5, 0.6) is 0 Å². The number of amides is 1. The van der Waals surface area contributed by atoms with Crippen molar-refractivity contribution >= 4 is 22.8 Å². The van der Waals surface area contributed by atoms with E-state index in [0.29, 0.717) is 16.6 Å². The molecule has 27 heavy (non-hydrogen) atoms. The van der Waals surface area contributed by atoms with E-state index in [2.05, 4.69) is 21.8 Å². The van der Waals surface area contributed by atoms with E-state index in [1.54, 1.807) is 14.1 Å². The molecule has 2 aromatic rings. The average molecular weight is 375 g/mol. The molecule has 0 bridgehead atoms. The van der Waals surface area contributed by atoms with Crippen LogP contribution in [0, 0.1) is 11.8 Å². The number of ether oxygens (including phenoxy) is 1. The predicted octanol–water partition coefficient (Wildman–Crippen LogP) is -1.55. The Morgan fingerprint density at radius 1 is 1.48 bits per heavy atom. The van der Waals surface area contributed by atoms with Gasteiger partial charge in [0.1, 0.15) is 35.6 Å². The number of nitrogens with zero attached hydrogens (tertiary/aromatic N) is 4. The molecule has 2 aromatic heterocycles. The quantitative estimate of drug-likeness (QED) is 0.462. The second-order valence-electron chi connectivity index (χ2n) is 6.74. The SMILES string of the molecule is CN(C)C(=O)C#Cc1cn([C@@H]2O[C@H](CO)[C@@H](O)[C@@]2(C)O)c2ncnc(N)c12. The first-order valence-corrected chi connectivity index (χ1v) is 8.19. The van der Waals surface area contributed by atoms with Crippen molar-refractivity contribution in [2.24, 2.45) is 0 Å². The molecule has 10 heteroatoms. The van der Waals surface area contributed by atoms with Gasteiger partial charge in [0.15, 0.2) is 6.23 Å². The van der Waals surface area contributed by atoms with Gasteiger partial charge in [-0.25, -0.2) is 9.97 Å². The van der Waals surface area contributed by atoms with Crippen molar-refractivity contribution in [3.8, 4) is 11.8 Å². The molecule has 3 heterocycles. The number of carbonyl (C=O) groups is 1. The molecule has 1 amide bonds. The molecular formula is C17H21N5O5. The normalized spacial score (nSPS) is 27.4. The molecule has 1 aliphatic rings. The van der Waals surface area contributed by atoms with E-state index in [1.807, 2.05) is 0 Å². The average Bonchev–Trinajstić information content (AvgIpc) is 3.09. The van der Waals surface area contributed by atoms with Crippen molar-refractivity contribution in [2.45, 2.75) is 31.0 Å². The van der Waals surface area contributed by atoms with Gasteiger partial charge in [-0.2, -0.15) is 0 Å². The van der Waals surface area contributed by atoms with Gasteiger partial charge in [0.25, 0.3) is 5.91 Å². The number of aliphatic hydroxyl groups excluding tert-OH is 2. The summed E-state index contributed by atoms with van der Waals surface area (Å²) in [4.78, 5) is 21.3. The van der Waals surface area contributed by atoms with Crippen LogP contribution in [0.4, 0.5) is 5.82 Å². The van der Waals surface area contributed by atoms with Crippen LogP contribution in [0.15, 0.2) is 12.5 Å². The summed E-state index contributed by atoms with van der Waals surface area (Å²) in [6, 6.07) is 0. The van der Waals surface area contributed by atoms with Crippen molar-refractivity contribution < 1.29 is 24.9 Å². The highest BCUT2D eigenvalue weighted by Gasteiger charge is 2.53. The summed E-state index contributed by atoms with van der Waals surface area (Å²) < 4.78 is 7.11. The number of nitrogens with two attached hydrogens (primary N) is 1. The van der Waals surface area contributed by atoms with Gasteiger partial charge >= 0.3 is 0 Å². The molecule has 144 valence electrons. The molecule has 4 atom stereocenters. The van der Waals surface area contributed by atoms with Gasteiger partial charge in [-0.1, -0.05) is 5.92 Å². The zero-order valence-corrected chi connectivity index (χ0v) is 15.1. The molecule has 0 saturated carbocycles. The Hall–Kier alpha value is -2.71. The molecule has 0 radical (unpaired) electrons. The molecule has 3 rings (SSSR count). The van der Waals surface area contributed by atoms with Crippen LogP contribution in [-0.4, -0.2) is 79.2 Å². The van der Waals surface area contributed by atoms with Gasteiger partial charge < -0.3 is 35.3 Å². The Morgan fingerprint density at radius 2 is 2.19 bits per heavy atom. The van der Waals surface area contributed by atoms with E-state index in [9.17, 15) is 20.1 Å². The fraction of sp³-hybridized carbons (Fsp3) is 0.471. The summed E-state index contributed by atoms with van der Waals surface area (Å²) in [5.74, 6) is 4.99. The van der Waals surface area contributed by atoms with Gasteiger partial charge in [-0.05, 0) is 6.92 Å². The molecular weight excluding hydrogens is 354 g/mol. The zero-order valence-electron chi connectivity index (χ0n) is 15.1. The molecule has 0 spiro atoms. The topological polar surface area (TPSA) is 147 Å². The van der Waals surface area contributed by atoms with Gasteiger partial charge in [-0.15, -0.1) is 0 Å². The predicted molar refractivity (Wildman–Crippen MR) is 95.1 cm³/mol. The Morgan fingerprint density at radius 3 is 2.78 bits per heavy atom. The van der Waals surface area contributed by atoms with Crippen LogP contribution >= 0.6 is 0 Å². The maximum atomic E-state index is 11.8. The lowest BCUT2D eigenvalue weighted by Gasteiger charge is -2.27. The van der Waals surface area contributed by atoms with E-state index >= 15 is 0 Å². The zero-order chi connectivity index (χ0) is 19.9. The number of aromatic nitrogens is 3. The molecule has 0 aromatic carbocycles. The van der Waals surface area contributed by atoms with Crippen molar-refractivity contribution in [3.05, 3.63) is 18.1 Å². The van der Waals surface area contributed by atoms with Gasteiger partial charge in [0, 0.05) is 26.2 Å². The Labute approximate surface area is 155 Å². The lowest BCUT2D eigenvalue weighted by molar-refractivity contribution is -0.122. The summed E-state index contributed by atoms with van der Waals surface area (Å²) in [6.07, 6.45) is -0.556. The van der Waals surface area contributed by atoms with Crippen LogP contribution < -0.4 is 5.73 Å². The number of rotatable bonds is 2. The second-order valence-corrected chi connectivity index (χ2v) is 6.74. The van der Waals surface area contributed by atoms with E-state index in [-0.39, 0.29) is 5.82 Å². The number of carbonyl (C=O) groups excluding carboxylic acids is 1. The number of hydrogen-bond donors (Lipinski definition) is 4. The standard InChI is InChI=1S/C17H21N5O5/c1-17(26)13(25)10(7-23)27-16(17)22-6-9(4-5-11(24)21(2)3)12-14(18)19-8-20-15(12)22/h6,8,10,13,16,23,25-26H,7H2,1-3H3,(H2,18,19,20)/t10-,13-,16-,17-/m1/s1. The number of aliphatic hydroxyl groups is 3. The third-order valence-corrected chi connectivity index (χ3v) is 4.54. The van der Waals surface area contributed by atoms with Crippen molar-refractivity contribution in [2.75, 3.05) is 26.4 Å². The van der Waals surface area contributed by atoms with E-state index in [1.165, 1.54) is 28.9 Å². The van der Waals surface area contributed by atoms with Gasteiger partial charge in [-0.3, -0.25) is 4.79 Å². The molecule has 1 aliphatic heterocycles. The van der Waals surface area contributed by atoms with Crippen molar-refractivity contribution in [1.82, 2.24) is 19.4 Å². The van der Waals surface area contributed by atoms with Crippen LogP contribution in [-0.2, 0) is 9.53 Å². The van der Waals surface area contributed by atoms with Crippen LogP contribution in [0.3, 0.4) is 0 Å². The molecule has 1 saturated heterocycles. The Bertz CT molecular complexity index is 942. The summed E-state index contributed by atoms with van der Waals surface area (Å²) >= 11 is 0. The smallest absolute Gasteiger partial charge is 0.298 e. The van der Waals surface area contributed by atoms with Crippen LogP contribution in [0.2, 0.25) is 0 Å². The maximum absolute atomic E-state index is 11.8. The molecule has 10 nitrogen and oxygen atoms in total. The maximum Gasteiger partial charge on any atom is 0.298 e. The summed E-state index contributed by atoms with van der Waals surface area (Å²) in [7, 11) is 3.16. The number of hydrogen-bond acceptors (Lipinski definition) is 8. The fourth-order valence-corrected chi connectivity index (χ4v) is 3.00. The van der Waals surface area contributed by atoms with Gasteiger partial charge in [0.2, 0.25) is 0 Å². The number of nitrogen functional groups attached to an aromatic ring is 1. The van der Waals surface area contributed by atoms with Crippen molar-refractivity contribution in [1.29, 1.82) is 0 Å². The first-order chi connectivity index (χ1) is 12.7. The van der Waals surface area contributed by atoms with Gasteiger partial charge in [0.05, 0.1) is 17.6 Å². The van der Waals surface area contributed by atoms with E-state index < -0.39 is 36.6 Å². The molecule has 0 aliphatic carbocycles. The molecule has 5 N–H and O–H groups in total. The summed E-state index contributed by atoms with van der Waals surface area (Å²) in [5, 5.41) is 30.7. The third-order valence-electron chi connectivity index (χ3n) is 4.54. The largest absolute Gasteiger partial charge is 0.394 e. The lowest BCUT2D eigenvalue weighted by Crippen LogP contribution is -2.44. The minimum Gasteiger partial charge on any atom is -0.394 e. The second kappa shape index (κ2) is 6.79. The van der Waals surface area contributed by atoms with Crippen LogP contribution in [0.1, 0.15) is 18.7 Å². The number of anilines is 1. The van der Waals surface area contributed by atoms with E-state index in [4.69, 9.17) is 10.5 Å². The highest BCUT2D eigenvalue weighted by atomic mass is 16.6. The Balaban J connectivity index is 2.16. The lowest BCUT2D eigenvalue weighted by atomic mass is 9.96. The summed E-state index contributed by atoms with van der Waals surface area (Å²) in [6.45, 7) is 0.934. The Kier molecular flexibility index (Phi) is 4.79. The molecule has 0 unspecified atom stereocenters. The third kappa shape index (κ3) is 3.11.